The predicted molar refractivity (Wildman–Crippen MR) is 92.8 cm³/mol. The van der Waals surface area contributed by atoms with Crippen molar-refractivity contribution < 1.29 is 4.79 Å². The van der Waals surface area contributed by atoms with Gasteiger partial charge in [-0.2, -0.15) is 0 Å². The normalized spacial score (nSPS) is 10.5. The number of para-hydroxylation sites is 1. The van der Waals surface area contributed by atoms with Gasteiger partial charge >= 0.3 is 0 Å². The Morgan fingerprint density at radius 2 is 1.91 bits per heavy atom. The maximum absolute atomic E-state index is 11.9. The molecule has 0 radical (unpaired) electrons. The summed E-state index contributed by atoms with van der Waals surface area (Å²) < 4.78 is 0. The molecule has 0 aliphatic rings. The van der Waals surface area contributed by atoms with E-state index in [1.54, 1.807) is 6.07 Å². The predicted octanol–water partition coefficient (Wildman–Crippen LogP) is 4.07. The van der Waals surface area contributed by atoms with Gasteiger partial charge in [0, 0.05) is 15.7 Å². The third-order valence-corrected chi connectivity index (χ3v) is 3.88. The lowest BCUT2D eigenvalue weighted by molar-refractivity contribution is -0.115. The summed E-state index contributed by atoms with van der Waals surface area (Å²) in [7, 11) is 0. The first-order valence-electron chi connectivity index (χ1n) is 7.06. The van der Waals surface area contributed by atoms with Crippen LogP contribution in [0.5, 0.6) is 0 Å². The molecule has 0 saturated carbocycles. The maximum atomic E-state index is 11.9. The first-order chi connectivity index (χ1) is 10.6. The number of anilines is 1. The summed E-state index contributed by atoms with van der Waals surface area (Å²) in [5, 5.41) is 7.27. The Labute approximate surface area is 140 Å². The zero-order valence-electron chi connectivity index (χ0n) is 12.3. The highest BCUT2D eigenvalue weighted by Gasteiger charge is 2.05. The molecule has 0 unspecified atom stereocenters. The fourth-order valence-corrected chi connectivity index (χ4v) is 2.56. The first kappa shape index (κ1) is 16.8. The average molecular weight is 337 g/mol. The van der Waals surface area contributed by atoms with Gasteiger partial charge in [-0.05, 0) is 49.2 Å². The van der Waals surface area contributed by atoms with Crippen molar-refractivity contribution in [1.29, 1.82) is 0 Å². The fraction of sp³-hybridized carbons (Fsp3) is 0.235. The molecule has 0 spiro atoms. The standard InChI is InChI=1S/C17H18Cl2N2O/c1-12-4-2-3-5-16(12)21-17(22)11-20-9-8-13-6-7-14(18)10-15(13)19/h2-7,10,20H,8-9,11H2,1H3,(H,21,22). The van der Waals surface area contributed by atoms with Crippen molar-refractivity contribution in [2.75, 3.05) is 18.4 Å². The fourth-order valence-electron chi connectivity index (χ4n) is 2.06. The van der Waals surface area contributed by atoms with E-state index in [-0.39, 0.29) is 12.5 Å². The van der Waals surface area contributed by atoms with Crippen LogP contribution in [0.25, 0.3) is 0 Å². The number of hydrogen-bond donors (Lipinski definition) is 2. The number of aryl methyl sites for hydroxylation is 1. The van der Waals surface area contributed by atoms with Gasteiger partial charge < -0.3 is 10.6 Å². The SMILES string of the molecule is Cc1ccccc1NC(=O)CNCCc1ccc(Cl)cc1Cl. The van der Waals surface area contributed by atoms with Gasteiger partial charge in [0.15, 0.2) is 0 Å². The van der Waals surface area contributed by atoms with Crippen LogP contribution in [-0.4, -0.2) is 19.0 Å². The van der Waals surface area contributed by atoms with Gasteiger partial charge in [-0.3, -0.25) is 4.79 Å². The second-order valence-electron chi connectivity index (χ2n) is 5.03. The number of carbonyl (C=O) groups is 1. The molecule has 0 bridgehead atoms. The van der Waals surface area contributed by atoms with Crippen LogP contribution in [0.1, 0.15) is 11.1 Å². The van der Waals surface area contributed by atoms with Crippen molar-refractivity contribution in [1.82, 2.24) is 5.32 Å². The topological polar surface area (TPSA) is 41.1 Å². The summed E-state index contributed by atoms with van der Waals surface area (Å²) in [5.74, 6) is -0.0588. The van der Waals surface area contributed by atoms with Crippen molar-refractivity contribution in [2.24, 2.45) is 0 Å². The highest BCUT2D eigenvalue weighted by Crippen LogP contribution is 2.21. The second kappa shape index (κ2) is 8.18. The molecule has 2 aromatic carbocycles. The Morgan fingerprint density at radius 1 is 1.14 bits per heavy atom. The highest BCUT2D eigenvalue weighted by molar-refractivity contribution is 6.35. The van der Waals surface area contributed by atoms with E-state index in [9.17, 15) is 4.79 Å². The Morgan fingerprint density at radius 3 is 2.64 bits per heavy atom. The molecule has 116 valence electrons. The van der Waals surface area contributed by atoms with E-state index >= 15 is 0 Å². The van der Waals surface area contributed by atoms with Gasteiger partial charge in [0.25, 0.3) is 0 Å². The van der Waals surface area contributed by atoms with Gasteiger partial charge in [0.2, 0.25) is 5.91 Å². The Balaban J connectivity index is 1.74. The summed E-state index contributed by atoms with van der Waals surface area (Å²) in [6, 6.07) is 13.1. The monoisotopic (exact) mass is 336 g/mol. The van der Waals surface area contributed by atoms with Crippen LogP contribution >= 0.6 is 23.2 Å². The van der Waals surface area contributed by atoms with Crippen molar-refractivity contribution in [3.05, 3.63) is 63.6 Å². The highest BCUT2D eigenvalue weighted by atomic mass is 35.5. The number of nitrogens with one attached hydrogen (secondary N) is 2. The largest absolute Gasteiger partial charge is 0.325 e. The van der Waals surface area contributed by atoms with Crippen molar-refractivity contribution >= 4 is 34.8 Å². The van der Waals surface area contributed by atoms with Crippen molar-refractivity contribution in [3.63, 3.8) is 0 Å². The lowest BCUT2D eigenvalue weighted by Crippen LogP contribution is -2.29. The molecule has 2 aromatic rings. The van der Waals surface area contributed by atoms with Crippen molar-refractivity contribution in [3.8, 4) is 0 Å². The lowest BCUT2D eigenvalue weighted by atomic mass is 10.1. The van der Waals surface area contributed by atoms with Crippen LogP contribution in [0.4, 0.5) is 5.69 Å². The van der Waals surface area contributed by atoms with E-state index in [2.05, 4.69) is 10.6 Å². The number of carbonyl (C=O) groups excluding carboxylic acids is 1. The van der Waals surface area contributed by atoms with E-state index in [1.807, 2.05) is 43.3 Å². The molecule has 0 saturated heterocycles. The van der Waals surface area contributed by atoms with Gasteiger partial charge in [0.05, 0.1) is 6.54 Å². The average Bonchev–Trinajstić information content (AvgIpc) is 2.48. The molecule has 3 nitrogen and oxygen atoms in total. The van der Waals surface area contributed by atoms with E-state index in [0.29, 0.717) is 16.6 Å². The summed E-state index contributed by atoms with van der Waals surface area (Å²) in [4.78, 5) is 11.9. The van der Waals surface area contributed by atoms with Crippen LogP contribution in [0.2, 0.25) is 10.0 Å². The van der Waals surface area contributed by atoms with E-state index in [4.69, 9.17) is 23.2 Å². The number of benzene rings is 2. The van der Waals surface area contributed by atoms with Crippen LogP contribution in [0.3, 0.4) is 0 Å². The zero-order valence-corrected chi connectivity index (χ0v) is 13.8. The minimum absolute atomic E-state index is 0.0588. The minimum atomic E-state index is -0.0588. The molecule has 0 fully saturated rings. The molecule has 0 aromatic heterocycles. The summed E-state index contributed by atoms with van der Waals surface area (Å²) in [6.45, 7) is 2.90. The number of hydrogen-bond acceptors (Lipinski definition) is 2. The Kier molecular flexibility index (Phi) is 6.25. The molecule has 0 aliphatic heterocycles. The third kappa shape index (κ3) is 5.02. The molecule has 5 heteroatoms. The Hall–Kier alpha value is -1.55. The zero-order chi connectivity index (χ0) is 15.9. The number of rotatable bonds is 6. The summed E-state index contributed by atoms with van der Waals surface area (Å²) in [5.41, 5.74) is 2.90. The summed E-state index contributed by atoms with van der Waals surface area (Å²) >= 11 is 12.0. The quantitative estimate of drug-likeness (QED) is 0.780. The maximum Gasteiger partial charge on any atom is 0.238 e. The minimum Gasteiger partial charge on any atom is -0.325 e. The number of amides is 1. The van der Waals surface area contributed by atoms with E-state index in [0.717, 1.165) is 23.2 Å². The Bertz CT molecular complexity index is 659. The van der Waals surface area contributed by atoms with Crippen molar-refractivity contribution in [2.45, 2.75) is 13.3 Å². The third-order valence-electron chi connectivity index (χ3n) is 3.29. The van der Waals surface area contributed by atoms with Crippen LogP contribution < -0.4 is 10.6 Å². The molecule has 0 heterocycles. The molecular formula is C17H18Cl2N2O. The first-order valence-corrected chi connectivity index (χ1v) is 7.82. The molecule has 2 rings (SSSR count). The van der Waals surface area contributed by atoms with Crippen LogP contribution in [0.15, 0.2) is 42.5 Å². The molecular weight excluding hydrogens is 319 g/mol. The lowest BCUT2D eigenvalue weighted by Gasteiger charge is -2.09. The number of halogens is 2. The second-order valence-corrected chi connectivity index (χ2v) is 5.87. The molecule has 22 heavy (non-hydrogen) atoms. The smallest absolute Gasteiger partial charge is 0.238 e. The molecule has 0 aliphatic carbocycles. The van der Waals surface area contributed by atoms with E-state index < -0.39 is 0 Å². The van der Waals surface area contributed by atoms with E-state index in [1.165, 1.54) is 0 Å². The van der Waals surface area contributed by atoms with Gasteiger partial charge in [-0.15, -0.1) is 0 Å². The van der Waals surface area contributed by atoms with Gasteiger partial charge in [-0.1, -0.05) is 47.5 Å². The summed E-state index contributed by atoms with van der Waals surface area (Å²) in [6.07, 6.45) is 0.744. The van der Waals surface area contributed by atoms with Crippen LogP contribution in [0, 0.1) is 6.92 Å². The molecule has 0 atom stereocenters. The molecule has 1 amide bonds. The van der Waals surface area contributed by atoms with Crippen LogP contribution in [-0.2, 0) is 11.2 Å². The van der Waals surface area contributed by atoms with Gasteiger partial charge in [-0.25, -0.2) is 0 Å². The van der Waals surface area contributed by atoms with Gasteiger partial charge in [0.1, 0.15) is 0 Å². The molecule has 2 N–H and O–H groups in total.